The zero-order valence-corrected chi connectivity index (χ0v) is 7.54. The van der Waals surface area contributed by atoms with E-state index in [1.165, 1.54) is 11.8 Å². The Morgan fingerprint density at radius 2 is 2.00 bits per heavy atom. The van der Waals surface area contributed by atoms with Gasteiger partial charge in [0, 0.05) is 23.2 Å². The van der Waals surface area contributed by atoms with Gasteiger partial charge in [-0.25, -0.2) is 4.79 Å². The summed E-state index contributed by atoms with van der Waals surface area (Å²) in [5.41, 5.74) is 1.04. The van der Waals surface area contributed by atoms with Crippen LogP contribution in [0, 0.1) is 0 Å². The molecule has 0 radical (unpaired) electrons. The van der Waals surface area contributed by atoms with Crippen molar-refractivity contribution in [1.82, 2.24) is 0 Å². The van der Waals surface area contributed by atoms with Crippen molar-refractivity contribution in [3.8, 4) is 0 Å². The van der Waals surface area contributed by atoms with Gasteiger partial charge in [0.15, 0.2) is 6.20 Å². The molecule has 2 aromatic rings. The molecule has 0 aliphatic carbocycles. The van der Waals surface area contributed by atoms with Gasteiger partial charge in [-0.1, -0.05) is 6.07 Å². The molecular weight excluding hydrogens is 182 g/mol. The number of carbonyl (C=O) groups is 1. The van der Waals surface area contributed by atoms with Gasteiger partial charge < -0.3 is 0 Å². The first kappa shape index (κ1) is 7.09. The van der Waals surface area contributed by atoms with Gasteiger partial charge in [0.1, 0.15) is 0 Å². The average Bonchev–Trinajstić information content (AvgIpc) is 2.47. The van der Waals surface area contributed by atoms with Gasteiger partial charge in [0.2, 0.25) is 5.52 Å². The van der Waals surface area contributed by atoms with Crippen molar-refractivity contribution in [2.24, 2.45) is 0 Å². The van der Waals surface area contributed by atoms with Gasteiger partial charge in [-0.15, -0.1) is 4.57 Å². The maximum atomic E-state index is 11.5. The summed E-state index contributed by atoms with van der Waals surface area (Å²) in [6, 6.07) is 9.90. The highest BCUT2D eigenvalue weighted by atomic mass is 32.2. The lowest BCUT2D eigenvalue weighted by Crippen LogP contribution is -2.36. The number of carbonyl (C=O) groups excluding carboxylic acids is 1. The minimum Gasteiger partial charge on any atom is -0.207 e. The summed E-state index contributed by atoms with van der Waals surface area (Å²) >= 11 is 1.29. The normalized spacial score (nSPS) is 14.0. The molecule has 1 aromatic carbocycles. The molecule has 0 saturated carbocycles. The Kier molecular flexibility index (Phi) is 1.27. The third-order valence-electron chi connectivity index (χ3n) is 2.18. The van der Waals surface area contributed by atoms with Gasteiger partial charge in [-0.2, -0.15) is 0 Å². The van der Waals surface area contributed by atoms with Gasteiger partial charge >= 0.3 is 5.24 Å². The third kappa shape index (κ3) is 0.848. The molecule has 0 amide bonds. The third-order valence-corrected chi connectivity index (χ3v) is 3.10. The average molecular weight is 188 g/mol. The van der Waals surface area contributed by atoms with E-state index in [9.17, 15) is 4.79 Å². The van der Waals surface area contributed by atoms with Crippen LogP contribution in [0.1, 0.15) is 0 Å². The predicted octanol–water partition coefficient (Wildman–Crippen LogP) is 2.20. The van der Waals surface area contributed by atoms with Crippen LogP contribution in [-0.2, 0) is 0 Å². The molecule has 0 saturated heterocycles. The zero-order chi connectivity index (χ0) is 8.84. The van der Waals surface area contributed by atoms with Crippen molar-refractivity contribution in [1.29, 1.82) is 0 Å². The number of rotatable bonds is 0. The maximum Gasteiger partial charge on any atom is 0.459 e. The molecular formula is C10H6NOS+. The van der Waals surface area contributed by atoms with Gasteiger partial charge in [0.25, 0.3) is 0 Å². The molecule has 1 aliphatic rings. The first-order valence-corrected chi connectivity index (χ1v) is 4.83. The Hall–Kier alpha value is -1.35. The smallest absolute Gasteiger partial charge is 0.207 e. The largest absolute Gasteiger partial charge is 0.459 e. The van der Waals surface area contributed by atoms with Crippen LogP contribution in [0.15, 0.2) is 41.4 Å². The highest BCUT2D eigenvalue weighted by Crippen LogP contribution is 2.30. The maximum absolute atomic E-state index is 11.5. The fourth-order valence-electron chi connectivity index (χ4n) is 1.62. The second-order valence-corrected chi connectivity index (χ2v) is 3.93. The zero-order valence-electron chi connectivity index (χ0n) is 6.73. The lowest BCUT2D eigenvalue weighted by Gasteiger charge is -1.90. The van der Waals surface area contributed by atoms with Gasteiger partial charge in [-0.3, -0.25) is 0 Å². The van der Waals surface area contributed by atoms with Crippen LogP contribution in [0.3, 0.4) is 0 Å². The van der Waals surface area contributed by atoms with E-state index in [0.29, 0.717) is 0 Å². The molecule has 0 bridgehead atoms. The van der Waals surface area contributed by atoms with Crippen LogP contribution in [0.5, 0.6) is 0 Å². The summed E-state index contributed by atoms with van der Waals surface area (Å²) in [6.07, 6.45) is 1.81. The van der Waals surface area contributed by atoms with Crippen LogP contribution in [0.25, 0.3) is 10.9 Å². The monoisotopic (exact) mass is 188 g/mol. The summed E-state index contributed by atoms with van der Waals surface area (Å²) in [6.45, 7) is 0. The van der Waals surface area contributed by atoms with Crippen LogP contribution in [0.2, 0.25) is 0 Å². The standard InChI is InChI=1S/C10H6NOS/c12-10-11-6-2-4-7-3-1-5-8(13-10)9(7)11/h1-6H/q+1. The molecule has 3 rings (SSSR count). The van der Waals surface area contributed by atoms with Crippen LogP contribution < -0.4 is 4.57 Å². The number of hydrogen-bond donors (Lipinski definition) is 0. The highest BCUT2D eigenvalue weighted by Gasteiger charge is 2.30. The topological polar surface area (TPSA) is 20.9 Å². The van der Waals surface area contributed by atoms with E-state index in [1.807, 2.05) is 36.5 Å². The molecule has 3 heteroatoms. The molecule has 0 fully saturated rings. The van der Waals surface area contributed by atoms with Crippen LogP contribution in [0.4, 0.5) is 4.79 Å². The van der Waals surface area contributed by atoms with Crippen LogP contribution in [-0.4, -0.2) is 5.24 Å². The van der Waals surface area contributed by atoms with Crippen molar-refractivity contribution >= 4 is 27.9 Å². The summed E-state index contributed by atoms with van der Waals surface area (Å²) in [4.78, 5) is 12.5. The number of pyridine rings is 1. The van der Waals surface area contributed by atoms with Crippen molar-refractivity contribution in [3.05, 3.63) is 36.5 Å². The van der Waals surface area contributed by atoms with E-state index in [0.717, 1.165) is 15.8 Å². The number of aromatic nitrogens is 1. The van der Waals surface area contributed by atoms with E-state index in [1.54, 1.807) is 4.57 Å². The second-order valence-electron chi connectivity index (χ2n) is 2.94. The highest BCUT2D eigenvalue weighted by molar-refractivity contribution is 8.13. The molecule has 1 aromatic heterocycles. The van der Waals surface area contributed by atoms with E-state index in [4.69, 9.17) is 0 Å². The molecule has 1 aliphatic heterocycles. The lowest BCUT2D eigenvalue weighted by atomic mass is 10.2. The summed E-state index contributed by atoms with van der Waals surface area (Å²) in [7, 11) is 0. The molecule has 2 nitrogen and oxygen atoms in total. The number of nitrogens with zero attached hydrogens (tertiary/aromatic N) is 1. The van der Waals surface area contributed by atoms with E-state index < -0.39 is 0 Å². The summed E-state index contributed by atoms with van der Waals surface area (Å²) in [5, 5.41) is 1.21. The Labute approximate surface area is 79.2 Å². The summed E-state index contributed by atoms with van der Waals surface area (Å²) < 4.78 is 1.70. The van der Waals surface area contributed by atoms with E-state index in [2.05, 4.69) is 0 Å². The summed E-state index contributed by atoms with van der Waals surface area (Å²) in [5.74, 6) is 0. The Morgan fingerprint density at radius 3 is 2.92 bits per heavy atom. The van der Waals surface area contributed by atoms with Crippen molar-refractivity contribution in [2.45, 2.75) is 4.90 Å². The molecule has 0 spiro atoms. The molecule has 13 heavy (non-hydrogen) atoms. The Bertz CT molecular complexity index is 516. The predicted molar refractivity (Wildman–Crippen MR) is 50.8 cm³/mol. The van der Waals surface area contributed by atoms with Gasteiger partial charge in [-0.05, 0) is 18.2 Å². The number of para-hydroxylation sites is 1. The van der Waals surface area contributed by atoms with Crippen molar-refractivity contribution in [3.63, 3.8) is 0 Å². The molecule has 2 heterocycles. The fourth-order valence-corrected chi connectivity index (χ4v) is 2.51. The Balaban J connectivity index is 2.58. The Morgan fingerprint density at radius 1 is 1.15 bits per heavy atom. The van der Waals surface area contributed by atoms with E-state index in [-0.39, 0.29) is 5.24 Å². The molecule has 0 N–H and O–H groups in total. The van der Waals surface area contributed by atoms with Crippen molar-refractivity contribution < 1.29 is 9.36 Å². The van der Waals surface area contributed by atoms with Crippen LogP contribution >= 0.6 is 11.8 Å². The molecule has 0 atom stereocenters. The fraction of sp³-hybridized carbons (Fsp3) is 0. The quantitative estimate of drug-likeness (QED) is 0.591. The van der Waals surface area contributed by atoms with Crippen molar-refractivity contribution in [2.75, 3.05) is 0 Å². The minimum atomic E-state index is 0.0896. The first-order chi connectivity index (χ1) is 6.36. The molecule has 62 valence electrons. The second kappa shape index (κ2) is 2.33. The number of hydrogen-bond acceptors (Lipinski definition) is 2. The number of benzene rings is 1. The number of thioether (sulfide) groups is 1. The minimum absolute atomic E-state index is 0.0896. The SMILES string of the molecule is O=C1Sc2cccc3ccc[n+]1c23. The lowest BCUT2D eigenvalue weighted by molar-refractivity contribution is -0.531. The van der Waals surface area contributed by atoms with Gasteiger partial charge in [0.05, 0.1) is 4.90 Å². The van der Waals surface area contributed by atoms with E-state index >= 15 is 0 Å². The first-order valence-electron chi connectivity index (χ1n) is 4.02. The molecule has 0 unspecified atom stereocenters.